The second-order valence-electron chi connectivity index (χ2n) is 8.13. The maximum absolute atomic E-state index is 12.6. The summed E-state index contributed by atoms with van der Waals surface area (Å²) in [5.74, 6) is -0.190. The SMILES string of the molecule is O=c1[nH]c(O)c2ccc(-c3ccoc3)cc2c1N=Nc1ccc(CN2CCCCC2)cc1. The first-order valence-corrected chi connectivity index (χ1v) is 10.8. The molecule has 0 bridgehead atoms. The molecule has 7 heteroatoms. The van der Waals surface area contributed by atoms with E-state index in [1.807, 2.05) is 30.3 Å². The molecule has 0 amide bonds. The number of likely N-dealkylation sites (tertiary alicyclic amines) is 1. The van der Waals surface area contributed by atoms with Crippen molar-refractivity contribution in [1.29, 1.82) is 0 Å². The third-order valence-electron chi connectivity index (χ3n) is 5.89. The average Bonchev–Trinajstić information content (AvgIpc) is 3.35. The zero-order valence-corrected chi connectivity index (χ0v) is 17.6. The van der Waals surface area contributed by atoms with Crippen molar-refractivity contribution in [2.24, 2.45) is 10.2 Å². The largest absolute Gasteiger partial charge is 0.494 e. The van der Waals surface area contributed by atoms with Crippen LogP contribution in [0.15, 0.2) is 80.5 Å². The van der Waals surface area contributed by atoms with Crippen molar-refractivity contribution in [3.05, 3.63) is 77.0 Å². The summed E-state index contributed by atoms with van der Waals surface area (Å²) in [7, 11) is 0. The molecule has 2 aromatic heterocycles. The van der Waals surface area contributed by atoms with E-state index in [4.69, 9.17) is 4.42 Å². The van der Waals surface area contributed by atoms with Crippen LogP contribution in [0.1, 0.15) is 24.8 Å². The number of aromatic hydroxyl groups is 1. The summed E-state index contributed by atoms with van der Waals surface area (Å²) in [5.41, 5.74) is 3.29. The molecular weight excluding hydrogens is 404 g/mol. The normalized spacial score (nSPS) is 15.0. The molecule has 1 aliphatic heterocycles. The van der Waals surface area contributed by atoms with Gasteiger partial charge in [-0.15, -0.1) is 5.11 Å². The number of benzene rings is 2. The van der Waals surface area contributed by atoms with Crippen LogP contribution in [0, 0.1) is 0 Å². The maximum Gasteiger partial charge on any atom is 0.279 e. The van der Waals surface area contributed by atoms with Gasteiger partial charge in [0.25, 0.3) is 5.56 Å². The van der Waals surface area contributed by atoms with Crippen molar-refractivity contribution in [3.8, 4) is 17.0 Å². The van der Waals surface area contributed by atoms with Gasteiger partial charge >= 0.3 is 0 Å². The van der Waals surface area contributed by atoms with Crippen molar-refractivity contribution in [2.75, 3.05) is 13.1 Å². The van der Waals surface area contributed by atoms with E-state index < -0.39 is 5.56 Å². The zero-order valence-electron chi connectivity index (χ0n) is 17.6. The zero-order chi connectivity index (χ0) is 21.9. The van der Waals surface area contributed by atoms with Crippen LogP contribution in [0.25, 0.3) is 21.9 Å². The number of hydrogen-bond acceptors (Lipinski definition) is 6. The quantitative estimate of drug-likeness (QED) is 0.387. The lowest BCUT2D eigenvalue weighted by Crippen LogP contribution is -2.28. The third-order valence-corrected chi connectivity index (χ3v) is 5.89. The van der Waals surface area contributed by atoms with Gasteiger partial charge in [0.15, 0.2) is 11.6 Å². The van der Waals surface area contributed by atoms with Crippen LogP contribution >= 0.6 is 0 Å². The highest BCUT2D eigenvalue weighted by molar-refractivity contribution is 5.97. The van der Waals surface area contributed by atoms with Gasteiger partial charge in [0.2, 0.25) is 0 Å². The lowest BCUT2D eigenvalue weighted by atomic mass is 10.0. The van der Waals surface area contributed by atoms with E-state index in [9.17, 15) is 9.90 Å². The Bertz CT molecular complexity index is 1300. The number of azo groups is 1. The highest BCUT2D eigenvalue weighted by Gasteiger charge is 2.13. The Morgan fingerprint density at radius 1 is 0.938 bits per heavy atom. The molecule has 5 rings (SSSR count). The summed E-state index contributed by atoms with van der Waals surface area (Å²) in [5, 5.41) is 19.8. The topological polar surface area (TPSA) is 94.2 Å². The molecule has 0 unspecified atom stereocenters. The predicted octanol–water partition coefficient (Wildman–Crippen LogP) is 5.90. The Morgan fingerprint density at radius 2 is 1.75 bits per heavy atom. The van der Waals surface area contributed by atoms with Gasteiger partial charge in [-0.05, 0) is 67.4 Å². The molecule has 2 N–H and O–H groups in total. The number of nitrogens with zero attached hydrogens (tertiary/aromatic N) is 3. The van der Waals surface area contributed by atoms with E-state index >= 15 is 0 Å². The molecule has 1 fully saturated rings. The van der Waals surface area contributed by atoms with Crippen molar-refractivity contribution in [1.82, 2.24) is 9.88 Å². The van der Waals surface area contributed by atoms with Gasteiger partial charge in [-0.1, -0.05) is 24.6 Å². The third kappa shape index (κ3) is 4.20. The van der Waals surface area contributed by atoms with Gasteiger partial charge in [-0.2, -0.15) is 5.11 Å². The Hall–Kier alpha value is -3.71. The van der Waals surface area contributed by atoms with Gasteiger partial charge in [-0.25, -0.2) is 0 Å². The fourth-order valence-electron chi connectivity index (χ4n) is 4.16. The highest BCUT2D eigenvalue weighted by Crippen LogP contribution is 2.33. The predicted molar refractivity (Wildman–Crippen MR) is 124 cm³/mol. The summed E-state index contributed by atoms with van der Waals surface area (Å²) in [4.78, 5) is 17.5. The molecule has 3 heterocycles. The van der Waals surface area contributed by atoms with Crippen molar-refractivity contribution in [2.45, 2.75) is 25.8 Å². The Labute approximate surface area is 185 Å². The van der Waals surface area contributed by atoms with Crippen LogP contribution in [0.3, 0.4) is 0 Å². The molecule has 32 heavy (non-hydrogen) atoms. The summed E-state index contributed by atoms with van der Waals surface area (Å²) >= 11 is 0. The summed E-state index contributed by atoms with van der Waals surface area (Å²) in [6, 6.07) is 15.2. The Kier molecular flexibility index (Phi) is 5.56. The minimum atomic E-state index is -0.496. The van der Waals surface area contributed by atoms with E-state index in [1.165, 1.54) is 24.8 Å². The Balaban J connectivity index is 1.44. The Morgan fingerprint density at radius 3 is 2.50 bits per heavy atom. The summed E-state index contributed by atoms with van der Waals surface area (Å²) in [6.45, 7) is 3.24. The molecule has 4 aromatic rings. The van der Waals surface area contributed by atoms with Crippen LogP contribution in [0.4, 0.5) is 11.4 Å². The van der Waals surface area contributed by atoms with E-state index in [0.717, 1.165) is 30.8 Å². The fraction of sp³-hybridized carbons (Fsp3) is 0.240. The molecule has 162 valence electrons. The molecule has 0 radical (unpaired) electrons. The number of H-pyrrole nitrogens is 1. The minimum absolute atomic E-state index is 0.153. The number of piperidine rings is 1. The molecule has 1 saturated heterocycles. The van der Waals surface area contributed by atoms with Crippen LogP contribution in [-0.4, -0.2) is 28.1 Å². The number of pyridine rings is 1. The number of fused-ring (bicyclic) bond motifs is 1. The maximum atomic E-state index is 12.6. The van der Waals surface area contributed by atoms with Crippen LogP contribution in [0.2, 0.25) is 0 Å². The van der Waals surface area contributed by atoms with Crippen LogP contribution in [-0.2, 0) is 6.54 Å². The number of rotatable bonds is 5. The van der Waals surface area contributed by atoms with Gasteiger partial charge in [0.05, 0.1) is 18.2 Å². The highest BCUT2D eigenvalue weighted by atomic mass is 16.3. The number of hydrogen-bond donors (Lipinski definition) is 2. The average molecular weight is 428 g/mol. The molecular formula is C25H24N4O3. The van der Waals surface area contributed by atoms with Gasteiger partial charge in [0, 0.05) is 22.9 Å². The number of nitrogens with one attached hydrogen (secondary N) is 1. The molecule has 0 atom stereocenters. The second-order valence-corrected chi connectivity index (χ2v) is 8.13. The second kappa shape index (κ2) is 8.80. The standard InChI is InChI=1S/C25H24N4O3/c30-24-21-9-6-18(19-10-13-32-16-19)14-22(21)23(25(31)26-24)28-27-20-7-4-17(5-8-20)15-29-11-2-1-3-12-29/h4-10,13-14,16H,1-3,11-12,15H2,(H2,26,30,31). The van der Waals surface area contributed by atoms with Gasteiger partial charge < -0.3 is 9.52 Å². The summed E-state index contributed by atoms with van der Waals surface area (Å²) < 4.78 is 5.16. The lowest BCUT2D eigenvalue weighted by molar-refractivity contribution is 0.221. The van der Waals surface area contributed by atoms with E-state index in [2.05, 4.69) is 32.2 Å². The molecule has 7 nitrogen and oxygen atoms in total. The molecule has 2 aromatic carbocycles. The number of aromatic nitrogens is 1. The molecule has 0 saturated carbocycles. The van der Waals surface area contributed by atoms with Gasteiger partial charge in [0.1, 0.15) is 0 Å². The van der Waals surface area contributed by atoms with Crippen LogP contribution < -0.4 is 5.56 Å². The lowest BCUT2D eigenvalue weighted by Gasteiger charge is -2.26. The monoisotopic (exact) mass is 428 g/mol. The van der Waals surface area contributed by atoms with Crippen molar-refractivity contribution in [3.63, 3.8) is 0 Å². The number of furan rings is 1. The first-order valence-electron chi connectivity index (χ1n) is 10.8. The van der Waals surface area contributed by atoms with Crippen molar-refractivity contribution >= 4 is 22.1 Å². The number of aromatic amines is 1. The first kappa shape index (κ1) is 20.2. The molecule has 0 aliphatic carbocycles. The van der Waals surface area contributed by atoms with E-state index in [-0.39, 0.29) is 11.6 Å². The van der Waals surface area contributed by atoms with Gasteiger partial charge in [-0.3, -0.25) is 14.7 Å². The molecule has 1 aliphatic rings. The minimum Gasteiger partial charge on any atom is -0.494 e. The van der Waals surface area contributed by atoms with Crippen molar-refractivity contribution < 1.29 is 9.52 Å². The smallest absolute Gasteiger partial charge is 0.279 e. The van der Waals surface area contributed by atoms with Crippen LogP contribution in [0.5, 0.6) is 5.88 Å². The molecule has 0 spiro atoms. The fourth-order valence-corrected chi connectivity index (χ4v) is 4.16. The van der Waals surface area contributed by atoms with E-state index in [1.54, 1.807) is 18.6 Å². The summed E-state index contributed by atoms with van der Waals surface area (Å²) in [6.07, 6.45) is 7.07. The van der Waals surface area contributed by atoms with E-state index in [0.29, 0.717) is 16.5 Å². The first-order chi connectivity index (χ1) is 15.7.